The number of carbonyl (C=O) groups excluding carboxylic acids is 2. The summed E-state index contributed by atoms with van der Waals surface area (Å²) in [5.74, 6) is -0.398. The number of methoxy groups -OCH3 is 1. The largest absolute Gasteiger partial charge is 0.497 e. The van der Waals surface area contributed by atoms with Crippen LogP contribution >= 0.6 is 0 Å². The Balaban J connectivity index is 2.20. The Morgan fingerprint density at radius 3 is 2.33 bits per heavy atom. The highest BCUT2D eigenvalue weighted by molar-refractivity contribution is 7.85. The maximum atomic E-state index is 13.1. The van der Waals surface area contributed by atoms with E-state index in [1.54, 1.807) is 44.9 Å². The fourth-order valence-electron chi connectivity index (χ4n) is 2.98. The van der Waals surface area contributed by atoms with Gasteiger partial charge in [0.1, 0.15) is 11.4 Å². The SMILES string of the molecule is COc1ccc(CN2CCN(C(=O)OC(C)(C)C)CC(COS(C)(=O)=O)C2=O)cc1. The smallest absolute Gasteiger partial charge is 0.410 e. The molecule has 0 aromatic heterocycles. The Labute approximate surface area is 178 Å². The van der Waals surface area contributed by atoms with Gasteiger partial charge in [0.15, 0.2) is 0 Å². The standard InChI is InChI=1S/C20H30N2O7S/c1-20(2,3)29-19(24)22-11-10-21(12-15-6-8-17(27-4)9-7-15)18(23)16(13-22)14-28-30(5,25)26/h6-9,16H,10-14H2,1-5H3. The second-order valence-electron chi connectivity index (χ2n) is 8.22. The summed E-state index contributed by atoms with van der Waals surface area (Å²) in [5.41, 5.74) is 0.201. The summed E-state index contributed by atoms with van der Waals surface area (Å²) in [6, 6.07) is 7.30. The average Bonchev–Trinajstić information content (AvgIpc) is 2.78. The highest BCUT2D eigenvalue weighted by atomic mass is 32.2. The van der Waals surface area contributed by atoms with Gasteiger partial charge < -0.3 is 19.3 Å². The molecule has 10 heteroatoms. The van der Waals surface area contributed by atoms with Gasteiger partial charge in [0.25, 0.3) is 10.1 Å². The summed E-state index contributed by atoms with van der Waals surface area (Å²) in [7, 11) is -2.15. The van der Waals surface area contributed by atoms with E-state index >= 15 is 0 Å². The van der Waals surface area contributed by atoms with Gasteiger partial charge in [0.05, 0.1) is 25.9 Å². The Morgan fingerprint density at radius 2 is 1.80 bits per heavy atom. The molecule has 9 nitrogen and oxygen atoms in total. The van der Waals surface area contributed by atoms with Crippen LogP contribution in [-0.4, -0.2) is 75.4 Å². The molecule has 1 saturated heterocycles. The zero-order valence-corrected chi connectivity index (χ0v) is 18.9. The first kappa shape index (κ1) is 23.9. The fraction of sp³-hybridized carbons (Fsp3) is 0.600. The molecule has 1 aliphatic heterocycles. The molecule has 0 spiro atoms. The predicted molar refractivity (Wildman–Crippen MR) is 111 cm³/mol. The number of hydrogen-bond acceptors (Lipinski definition) is 7. The van der Waals surface area contributed by atoms with E-state index in [4.69, 9.17) is 13.7 Å². The number of nitrogens with zero attached hydrogens (tertiary/aromatic N) is 2. The van der Waals surface area contributed by atoms with E-state index in [0.29, 0.717) is 18.8 Å². The van der Waals surface area contributed by atoms with E-state index in [0.717, 1.165) is 11.8 Å². The Bertz CT molecular complexity index is 847. The molecule has 1 aromatic rings. The maximum absolute atomic E-state index is 13.1. The van der Waals surface area contributed by atoms with Gasteiger partial charge in [-0.15, -0.1) is 0 Å². The molecular weight excluding hydrogens is 412 g/mol. The van der Waals surface area contributed by atoms with Crippen LogP contribution in [0.5, 0.6) is 5.75 Å². The minimum absolute atomic E-state index is 0.0162. The lowest BCUT2D eigenvalue weighted by Gasteiger charge is -2.27. The van der Waals surface area contributed by atoms with Crippen molar-refractivity contribution in [2.75, 3.05) is 39.6 Å². The van der Waals surface area contributed by atoms with Crippen molar-refractivity contribution >= 4 is 22.1 Å². The molecule has 0 bridgehead atoms. The first-order valence-corrected chi connectivity index (χ1v) is 11.4. The zero-order chi connectivity index (χ0) is 22.5. The first-order valence-electron chi connectivity index (χ1n) is 9.62. The third kappa shape index (κ3) is 7.49. The maximum Gasteiger partial charge on any atom is 0.410 e. The molecule has 2 rings (SSSR count). The van der Waals surface area contributed by atoms with Crippen molar-refractivity contribution in [3.05, 3.63) is 29.8 Å². The summed E-state index contributed by atoms with van der Waals surface area (Å²) < 4.78 is 38.3. The van der Waals surface area contributed by atoms with E-state index in [1.165, 1.54) is 4.90 Å². The number of amides is 2. The van der Waals surface area contributed by atoms with Gasteiger partial charge in [-0.1, -0.05) is 12.1 Å². The molecule has 1 aliphatic rings. The molecule has 30 heavy (non-hydrogen) atoms. The van der Waals surface area contributed by atoms with Gasteiger partial charge in [0.2, 0.25) is 5.91 Å². The van der Waals surface area contributed by atoms with Gasteiger partial charge in [0, 0.05) is 26.2 Å². The fourth-order valence-corrected chi connectivity index (χ4v) is 3.39. The quantitative estimate of drug-likeness (QED) is 0.620. The Kier molecular flexibility index (Phi) is 7.70. The summed E-state index contributed by atoms with van der Waals surface area (Å²) in [6.45, 7) is 5.83. The lowest BCUT2D eigenvalue weighted by Crippen LogP contribution is -2.41. The summed E-state index contributed by atoms with van der Waals surface area (Å²) >= 11 is 0. The Morgan fingerprint density at radius 1 is 1.17 bits per heavy atom. The molecule has 1 atom stereocenters. The predicted octanol–water partition coefficient (Wildman–Crippen LogP) is 1.87. The van der Waals surface area contributed by atoms with Crippen molar-refractivity contribution in [2.45, 2.75) is 32.9 Å². The number of ether oxygens (including phenoxy) is 2. The summed E-state index contributed by atoms with van der Waals surface area (Å²) in [5, 5.41) is 0. The van der Waals surface area contributed by atoms with Crippen LogP contribution in [0.3, 0.4) is 0 Å². The van der Waals surface area contributed by atoms with E-state index in [2.05, 4.69) is 0 Å². The average molecular weight is 443 g/mol. The number of rotatable bonds is 6. The van der Waals surface area contributed by atoms with Gasteiger partial charge in [-0.3, -0.25) is 8.98 Å². The van der Waals surface area contributed by atoms with E-state index in [1.807, 2.05) is 12.1 Å². The minimum Gasteiger partial charge on any atom is -0.497 e. The van der Waals surface area contributed by atoms with Crippen LogP contribution in [0.2, 0.25) is 0 Å². The van der Waals surface area contributed by atoms with E-state index in [9.17, 15) is 18.0 Å². The normalized spacial score (nSPS) is 18.2. The van der Waals surface area contributed by atoms with Crippen LogP contribution in [0.4, 0.5) is 4.79 Å². The van der Waals surface area contributed by atoms with E-state index < -0.39 is 27.7 Å². The van der Waals surface area contributed by atoms with Crippen molar-refractivity contribution in [2.24, 2.45) is 5.92 Å². The number of hydrogen-bond donors (Lipinski definition) is 0. The van der Waals surface area contributed by atoms with Crippen LogP contribution in [0.1, 0.15) is 26.3 Å². The van der Waals surface area contributed by atoms with Crippen molar-refractivity contribution in [1.29, 1.82) is 0 Å². The molecule has 0 radical (unpaired) electrons. The number of carbonyl (C=O) groups is 2. The molecule has 2 amide bonds. The van der Waals surface area contributed by atoms with Crippen molar-refractivity contribution in [3.63, 3.8) is 0 Å². The molecule has 1 unspecified atom stereocenters. The third-order valence-corrected chi connectivity index (χ3v) is 4.97. The molecule has 168 valence electrons. The van der Waals surface area contributed by atoms with Crippen LogP contribution in [0.25, 0.3) is 0 Å². The van der Waals surface area contributed by atoms with Gasteiger partial charge >= 0.3 is 6.09 Å². The second kappa shape index (κ2) is 9.65. The van der Waals surface area contributed by atoms with Crippen molar-refractivity contribution < 1.29 is 31.7 Å². The lowest BCUT2D eigenvalue weighted by atomic mass is 10.1. The first-order chi connectivity index (χ1) is 13.9. The van der Waals surface area contributed by atoms with Crippen LogP contribution in [0.15, 0.2) is 24.3 Å². The van der Waals surface area contributed by atoms with E-state index in [-0.39, 0.29) is 25.6 Å². The van der Waals surface area contributed by atoms with Crippen molar-refractivity contribution in [1.82, 2.24) is 9.80 Å². The molecule has 0 N–H and O–H groups in total. The van der Waals surface area contributed by atoms with Gasteiger partial charge in [-0.05, 0) is 38.5 Å². The van der Waals surface area contributed by atoms with Crippen LogP contribution < -0.4 is 4.74 Å². The summed E-state index contributed by atoms with van der Waals surface area (Å²) in [4.78, 5) is 28.7. The topological polar surface area (TPSA) is 102 Å². The molecule has 1 aromatic carbocycles. The van der Waals surface area contributed by atoms with Crippen LogP contribution in [0, 0.1) is 5.92 Å². The highest BCUT2D eigenvalue weighted by Crippen LogP contribution is 2.19. The molecule has 0 saturated carbocycles. The third-order valence-electron chi connectivity index (χ3n) is 4.41. The molecule has 0 aliphatic carbocycles. The zero-order valence-electron chi connectivity index (χ0n) is 18.1. The Hall–Kier alpha value is -2.33. The van der Waals surface area contributed by atoms with Gasteiger partial charge in [-0.25, -0.2) is 4.79 Å². The van der Waals surface area contributed by atoms with Gasteiger partial charge in [-0.2, -0.15) is 8.42 Å². The monoisotopic (exact) mass is 442 g/mol. The number of benzene rings is 1. The molecule has 1 fully saturated rings. The van der Waals surface area contributed by atoms with Crippen LogP contribution in [-0.2, 0) is 30.4 Å². The highest BCUT2D eigenvalue weighted by Gasteiger charge is 2.34. The minimum atomic E-state index is -3.73. The molecule has 1 heterocycles. The van der Waals surface area contributed by atoms with Crippen molar-refractivity contribution in [3.8, 4) is 5.75 Å². The second-order valence-corrected chi connectivity index (χ2v) is 9.86. The lowest BCUT2D eigenvalue weighted by molar-refractivity contribution is -0.136. The molecular formula is C20H30N2O7S. The summed E-state index contributed by atoms with van der Waals surface area (Å²) in [6.07, 6.45) is 0.375.